The molecule has 0 bridgehead atoms. The zero-order chi connectivity index (χ0) is 36.0. The lowest BCUT2D eigenvalue weighted by Crippen LogP contribution is -2.15. The van der Waals surface area contributed by atoms with E-state index in [-0.39, 0.29) is 5.41 Å². The summed E-state index contributed by atoms with van der Waals surface area (Å²) in [6, 6.07) is 55.9. The first-order chi connectivity index (χ1) is 26.5. The van der Waals surface area contributed by atoms with E-state index in [1.165, 1.54) is 49.3 Å². The maximum atomic E-state index is 5.05. The van der Waals surface area contributed by atoms with Gasteiger partial charge in [0.2, 0.25) is 0 Å². The Kier molecular flexibility index (Phi) is 6.53. The van der Waals surface area contributed by atoms with Gasteiger partial charge in [0, 0.05) is 27.3 Å². The second-order valence-electron chi connectivity index (χ2n) is 14.8. The van der Waals surface area contributed by atoms with E-state index in [4.69, 9.17) is 19.9 Å². The van der Waals surface area contributed by atoms with Crippen molar-refractivity contribution in [2.24, 2.45) is 0 Å². The molecule has 5 nitrogen and oxygen atoms in total. The van der Waals surface area contributed by atoms with Crippen LogP contribution in [0.2, 0.25) is 0 Å². The van der Waals surface area contributed by atoms with Crippen molar-refractivity contribution in [3.8, 4) is 51.1 Å². The van der Waals surface area contributed by atoms with Gasteiger partial charge in [-0.2, -0.15) is 0 Å². The molecule has 0 aliphatic heterocycles. The number of aromatic nitrogens is 5. The quantitative estimate of drug-likeness (QED) is 0.184. The molecule has 0 fully saturated rings. The number of hydrogen-bond acceptors (Lipinski definition) is 4. The van der Waals surface area contributed by atoms with Crippen LogP contribution in [0.25, 0.3) is 94.5 Å². The smallest absolute Gasteiger partial charge is 0.182 e. The first-order valence-electron chi connectivity index (χ1n) is 18.4. The number of fused-ring (bicyclic) bond motifs is 8. The van der Waals surface area contributed by atoms with Crippen molar-refractivity contribution >= 4 is 43.4 Å². The lowest BCUT2D eigenvalue weighted by atomic mass is 9.82. The van der Waals surface area contributed by atoms with Gasteiger partial charge in [-0.1, -0.05) is 129 Å². The SMILES string of the molecule is CC1(C)c2ccccc2-c2cc3c4ccccc4n(-c4ccc(-c5nc(-c6ccc7ccccc7c6)nc(-c6ccc7ccccc7c6)n5)nc4)c3cc21. The number of benzene rings is 7. The molecule has 1 aliphatic rings. The Bertz CT molecular complexity index is 3040. The minimum Gasteiger partial charge on any atom is -0.308 e. The van der Waals surface area contributed by atoms with Gasteiger partial charge in [-0.3, -0.25) is 4.98 Å². The molecule has 54 heavy (non-hydrogen) atoms. The van der Waals surface area contributed by atoms with Gasteiger partial charge in [-0.05, 0) is 86.3 Å². The van der Waals surface area contributed by atoms with Crippen LogP contribution in [0.4, 0.5) is 0 Å². The Labute approximate surface area is 312 Å². The highest BCUT2D eigenvalue weighted by Gasteiger charge is 2.36. The summed E-state index contributed by atoms with van der Waals surface area (Å²) in [5.41, 5.74) is 11.1. The van der Waals surface area contributed by atoms with E-state index >= 15 is 0 Å². The normalized spacial score (nSPS) is 13.1. The average molecular weight is 692 g/mol. The van der Waals surface area contributed by atoms with Gasteiger partial charge in [0.15, 0.2) is 17.5 Å². The van der Waals surface area contributed by atoms with E-state index in [1.807, 2.05) is 12.3 Å². The van der Waals surface area contributed by atoms with Crippen molar-refractivity contribution in [2.45, 2.75) is 19.3 Å². The first kappa shape index (κ1) is 30.6. The van der Waals surface area contributed by atoms with Gasteiger partial charge in [0.1, 0.15) is 5.69 Å². The van der Waals surface area contributed by atoms with Crippen LogP contribution in [0, 0.1) is 0 Å². The highest BCUT2D eigenvalue weighted by molar-refractivity contribution is 6.11. The Hall–Kier alpha value is -6.98. The van der Waals surface area contributed by atoms with Gasteiger partial charge in [-0.25, -0.2) is 15.0 Å². The summed E-state index contributed by atoms with van der Waals surface area (Å²) >= 11 is 0. The van der Waals surface area contributed by atoms with Gasteiger partial charge in [-0.15, -0.1) is 0 Å². The molecular formula is C49H33N5. The predicted octanol–water partition coefficient (Wildman–Crippen LogP) is 12.0. The summed E-state index contributed by atoms with van der Waals surface area (Å²) in [5, 5.41) is 7.07. The van der Waals surface area contributed by atoms with E-state index in [0.717, 1.165) is 33.1 Å². The Morgan fingerprint density at radius 2 is 1.06 bits per heavy atom. The van der Waals surface area contributed by atoms with Crippen LogP contribution in [0.3, 0.4) is 0 Å². The number of nitrogens with zero attached hydrogens (tertiary/aromatic N) is 5. The molecule has 5 heteroatoms. The zero-order valence-electron chi connectivity index (χ0n) is 29.8. The second kappa shape index (κ2) is 11.5. The molecule has 3 aromatic heterocycles. The molecule has 0 N–H and O–H groups in total. The summed E-state index contributed by atoms with van der Waals surface area (Å²) in [7, 11) is 0. The summed E-state index contributed by atoms with van der Waals surface area (Å²) in [4.78, 5) is 20.2. The van der Waals surface area contributed by atoms with Crippen molar-refractivity contribution in [1.29, 1.82) is 0 Å². The van der Waals surface area contributed by atoms with Crippen LogP contribution in [-0.4, -0.2) is 24.5 Å². The summed E-state index contributed by atoms with van der Waals surface area (Å²) in [6.07, 6.45) is 1.95. The molecule has 0 unspecified atom stereocenters. The molecule has 7 aromatic carbocycles. The fourth-order valence-electron chi connectivity index (χ4n) is 8.50. The van der Waals surface area contributed by atoms with Crippen LogP contribution < -0.4 is 0 Å². The molecule has 11 rings (SSSR count). The standard InChI is InChI=1S/C49H33N5/c1-49(2)41-17-9-7-15-37(41)39-27-40-38-16-8-10-18-44(38)54(45(40)28-42(39)49)36-23-24-43(50-29-36)48-52-46(34-21-19-30-11-3-5-13-32(30)25-34)51-47(53-48)35-22-20-31-12-4-6-14-33(31)26-35/h3-29H,1-2H3. The van der Waals surface area contributed by atoms with Crippen molar-refractivity contribution in [3.05, 3.63) is 175 Å². The average Bonchev–Trinajstić information content (AvgIpc) is 3.67. The zero-order valence-corrected chi connectivity index (χ0v) is 29.8. The lowest BCUT2D eigenvalue weighted by Gasteiger charge is -2.21. The third-order valence-electron chi connectivity index (χ3n) is 11.3. The molecule has 0 radical (unpaired) electrons. The van der Waals surface area contributed by atoms with Crippen LogP contribution in [0.15, 0.2) is 164 Å². The Morgan fingerprint density at radius 1 is 0.444 bits per heavy atom. The molecule has 3 heterocycles. The van der Waals surface area contributed by atoms with E-state index in [1.54, 1.807) is 0 Å². The molecular weight excluding hydrogens is 659 g/mol. The topological polar surface area (TPSA) is 56.5 Å². The molecule has 1 aliphatic carbocycles. The molecule has 0 spiro atoms. The van der Waals surface area contributed by atoms with Crippen LogP contribution in [0.1, 0.15) is 25.0 Å². The summed E-state index contributed by atoms with van der Waals surface area (Å²) < 4.78 is 2.34. The summed E-state index contributed by atoms with van der Waals surface area (Å²) in [6.45, 7) is 4.67. The Morgan fingerprint density at radius 3 is 1.74 bits per heavy atom. The van der Waals surface area contributed by atoms with Crippen molar-refractivity contribution in [1.82, 2.24) is 24.5 Å². The van der Waals surface area contributed by atoms with E-state index in [0.29, 0.717) is 23.2 Å². The number of para-hydroxylation sites is 1. The van der Waals surface area contributed by atoms with Crippen LogP contribution in [-0.2, 0) is 5.41 Å². The van der Waals surface area contributed by atoms with Gasteiger partial charge in [0.05, 0.1) is 22.9 Å². The van der Waals surface area contributed by atoms with E-state index < -0.39 is 0 Å². The maximum Gasteiger partial charge on any atom is 0.182 e. The van der Waals surface area contributed by atoms with Gasteiger partial charge in [0.25, 0.3) is 0 Å². The van der Waals surface area contributed by atoms with Crippen molar-refractivity contribution in [3.63, 3.8) is 0 Å². The number of rotatable bonds is 4. The molecule has 0 saturated heterocycles. The van der Waals surface area contributed by atoms with Crippen LogP contribution >= 0.6 is 0 Å². The largest absolute Gasteiger partial charge is 0.308 e. The third kappa shape index (κ3) is 4.65. The van der Waals surface area contributed by atoms with Crippen molar-refractivity contribution < 1.29 is 0 Å². The molecule has 254 valence electrons. The lowest BCUT2D eigenvalue weighted by molar-refractivity contribution is 0.661. The van der Waals surface area contributed by atoms with Crippen LogP contribution in [0.5, 0.6) is 0 Å². The summed E-state index contributed by atoms with van der Waals surface area (Å²) in [5.74, 6) is 1.75. The molecule has 0 amide bonds. The fraction of sp³-hybridized carbons (Fsp3) is 0.0612. The minimum atomic E-state index is -0.103. The Balaban J connectivity index is 1.06. The number of hydrogen-bond donors (Lipinski definition) is 0. The number of pyridine rings is 1. The van der Waals surface area contributed by atoms with E-state index in [2.05, 4.69) is 170 Å². The predicted molar refractivity (Wildman–Crippen MR) is 221 cm³/mol. The van der Waals surface area contributed by atoms with E-state index in [9.17, 15) is 0 Å². The van der Waals surface area contributed by atoms with Gasteiger partial charge >= 0.3 is 0 Å². The highest BCUT2D eigenvalue weighted by atomic mass is 15.1. The fourth-order valence-corrected chi connectivity index (χ4v) is 8.50. The first-order valence-corrected chi connectivity index (χ1v) is 18.4. The molecule has 0 saturated carbocycles. The maximum absolute atomic E-state index is 5.05. The van der Waals surface area contributed by atoms with Crippen molar-refractivity contribution in [2.75, 3.05) is 0 Å². The van der Waals surface area contributed by atoms with Gasteiger partial charge < -0.3 is 4.57 Å². The third-order valence-corrected chi connectivity index (χ3v) is 11.3. The monoisotopic (exact) mass is 691 g/mol. The second-order valence-corrected chi connectivity index (χ2v) is 14.8. The minimum absolute atomic E-state index is 0.103. The molecule has 10 aromatic rings. The highest BCUT2D eigenvalue weighted by Crippen LogP contribution is 2.51. The molecule has 0 atom stereocenters.